The Morgan fingerprint density at radius 2 is 2.00 bits per heavy atom. The van der Waals surface area contributed by atoms with Crippen molar-refractivity contribution < 1.29 is 10.1 Å². The van der Waals surface area contributed by atoms with Crippen LogP contribution >= 0.6 is 0 Å². The fourth-order valence-corrected chi connectivity index (χ4v) is 2.15. The van der Waals surface area contributed by atoms with Crippen LogP contribution in [0.4, 0.5) is 5.69 Å². The lowest BCUT2D eigenvalue weighted by molar-refractivity contribution is -0.384. The number of aromatic nitrogens is 2. The van der Waals surface area contributed by atoms with Gasteiger partial charge in [-0.2, -0.15) is 0 Å². The number of nitrogens with zero attached hydrogens (tertiary/aromatic N) is 4. The number of imidazole rings is 1. The Balaban J connectivity index is 2.18. The van der Waals surface area contributed by atoms with Gasteiger partial charge in [-0.05, 0) is 24.3 Å². The maximum atomic E-state index is 10.7. The molecule has 3 aromatic rings. The molecule has 0 saturated carbocycles. The molecule has 0 spiro atoms. The largest absolute Gasteiger partial charge is 0.411 e. The number of hydrogen-bond donors (Lipinski definition) is 1. The van der Waals surface area contributed by atoms with E-state index in [-0.39, 0.29) is 5.69 Å². The van der Waals surface area contributed by atoms with E-state index in [1.54, 1.807) is 12.1 Å². The second kappa shape index (κ2) is 5.04. The monoisotopic (exact) mass is 282 g/mol. The summed E-state index contributed by atoms with van der Waals surface area (Å²) in [7, 11) is 0. The van der Waals surface area contributed by atoms with Crippen LogP contribution in [-0.4, -0.2) is 25.7 Å². The quantitative estimate of drug-likeness (QED) is 0.346. The molecule has 0 aliphatic rings. The lowest BCUT2D eigenvalue weighted by atomic mass is 10.2. The third kappa shape index (κ3) is 2.20. The fourth-order valence-electron chi connectivity index (χ4n) is 2.15. The Hall–Kier alpha value is -3.22. The number of non-ortho nitro benzene ring substituents is 1. The molecule has 0 bridgehead atoms. The highest BCUT2D eigenvalue weighted by Crippen LogP contribution is 2.24. The molecule has 7 nitrogen and oxygen atoms in total. The molecule has 1 N–H and O–H groups in total. The molecule has 104 valence electrons. The minimum Gasteiger partial charge on any atom is -0.411 e. The lowest BCUT2D eigenvalue weighted by Crippen LogP contribution is -1.90. The van der Waals surface area contributed by atoms with Crippen molar-refractivity contribution in [3.05, 3.63) is 64.5 Å². The third-order valence-corrected chi connectivity index (χ3v) is 3.09. The van der Waals surface area contributed by atoms with Gasteiger partial charge < -0.3 is 5.21 Å². The van der Waals surface area contributed by atoms with Gasteiger partial charge >= 0.3 is 0 Å². The summed E-state index contributed by atoms with van der Waals surface area (Å²) in [5.74, 6) is 0.621. The number of fused-ring (bicyclic) bond motifs is 1. The van der Waals surface area contributed by atoms with Crippen LogP contribution in [0.5, 0.6) is 0 Å². The van der Waals surface area contributed by atoms with Crippen molar-refractivity contribution in [3.63, 3.8) is 0 Å². The first-order valence-corrected chi connectivity index (χ1v) is 6.10. The Morgan fingerprint density at radius 3 is 2.67 bits per heavy atom. The number of rotatable bonds is 3. The first-order valence-electron chi connectivity index (χ1n) is 6.10. The first-order chi connectivity index (χ1) is 10.2. The van der Waals surface area contributed by atoms with E-state index in [4.69, 9.17) is 5.21 Å². The Bertz CT molecular complexity index is 837. The zero-order chi connectivity index (χ0) is 14.8. The SMILES string of the molecule is O=[N+]([O-])c1ccc(-c2nc(/C=N/O)c3ccccn23)cc1. The summed E-state index contributed by atoms with van der Waals surface area (Å²) in [5.41, 5.74) is 2.06. The molecule has 0 unspecified atom stereocenters. The first kappa shape index (κ1) is 12.8. The summed E-state index contributed by atoms with van der Waals surface area (Å²) in [6, 6.07) is 11.7. The molecule has 0 amide bonds. The van der Waals surface area contributed by atoms with Crippen LogP contribution in [0.2, 0.25) is 0 Å². The fraction of sp³-hybridized carbons (Fsp3) is 0. The molecular weight excluding hydrogens is 272 g/mol. The van der Waals surface area contributed by atoms with Crippen LogP contribution < -0.4 is 0 Å². The highest BCUT2D eigenvalue weighted by atomic mass is 16.6. The number of nitro benzene ring substituents is 1. The van der Waals surface area contributed by atoms with Crippen LogP contribution in [0.1, 0.15) is 5.69 Å². The summed E-state index contributed by atoms with van der Waals surface area (Å²) in [6.07, 6.45) is 3.08. The molecule has 0 fully saturated rings. The van der Waals surface area contributed by atoms with Gasteiger partial charge in [0.05, 0.1) is 16.7 Å². The van der Waals surface area contributed by atoms with Gasteiger partial charge in [0.2, 0.25) is 0 Å². The topological polar surface area (TPSA) is 93.0 Å². The van der Waals surface area contributed by atoms with E-state index in [2.05, 4.69) is 10.1 Å². The van der Waals surface area contributed by atoms with Crippen molar-refractivity contribution in [2.75, 3.05) is 0 Å². The van der Waals surface area contributed by atoms with Crippen molar-refractivity contribution in [3.8, 4) is 11.4 Å². The second-order valence-corrected chi connectivity index (χ2v) is 4.33. The second-order valence-electron chi connectivity index (χ2n) is 4.33. The summed E-state index contributed by atoms with van der Waals surface area (Å²) >= 11 is 0. The van der Waals surface area contributed by atoms with E-state index in [9.17, 15) is 10.1 Å². The molecule has 7 heteroatoms. The van der Waals surface area contributed by atoms with E-state index in [1.807, 2.05) is 28.8 Å². The number of nitro groups is 1. The van der Waals surface area contributed by atoms with Gasteiger partial charge in [-0.1, -0.05) is 11.2 Å². The van der Waals surface area contributed by atoms with Gasteiger partial charge in [-0.25, -0.2) is 4.98 Å². The number of pyridine rings is 1. The van der Waals surface area contributed by atoms with E-state index >= 15 is 0 Å². The van der Waals surface area contributed by atoms with Crippen LogP contribution in [-0.2, 0) is 0 Å². The summed E-state index contributed by atoms with van der Waals surface area (Å²) in [4.78, 5) is 14.7. The number of benzene rings is 1. The van der Waals surface area contributed by atoms with E-state index < -0.39 is 4.92 Å². The summed E-state index contributed by atoms with van der Waals surface area (Å²) in [6.45, 7) is 0. The molecular formula is C14H10N4O3. The average Bonchev–Trinajstić information content (AvgIpc) is 2.87. The van der Waals surface area contributed by atoms with Gasteiger partial charge in [0.15, 0.2) is 0 Å². The minimum absolute atomic E-state index is 0.0248. The van der Waals surface area contributed by atoms with Gasteiger partial charge in [-0.15, -0.1) is 0 Å². The molecule has 0 saturated heterocycles. The predicted molar refractivity (Wildman–Crippen MR) is 76.7 cm³/mol. The summed E-state index contributed by atoms with van der Waals surface area (Å²) < 4.78 is 1.83. The van der Waals surface area contributed by atoms with Gasteiger partial charge in [0, 0.05) is 23.9 Å². The van der Waals surface area contributed by atoms with E-state index in [0.29, 0.717) is 11.5 Å². The molecule has 0 aliphatic carbocycles. The molecule has 2 heterocycles. The highest BCUT2D eigenvalue weighted by molar-refractivity contribution is 5.88. The zero-order valence-corrected chi connectivity index (χ0v) is 10.7. The predicted octanol–water partition coefficient (Wildman–Crippen LogP) is 2.72. The molecule has 1 aromatic carbocycles. The maximum Gasteiger partial charge on any atom is 0.269 e. The highest BCUT2D eigenvalue weighted by Gasteiger charge is 2.12. The zero-order valence-electron chi connectivity index (χ0n) is 10.7. The summed E-state index contributed by atoms with van der Waals surface area (Å²) in [5, 5.41) is 22.4. The number of hydrogen-bond acceptors (Lipinski definition) is 5. The molecule has 3 rings (SSSR count). The van der Waals surface area contributed by atoms with E-state index in [1.165, 1.54) is 18.3 Å². The van der Waals surface area contributed by atoms with Gasteiger partial charge in [0.25, 0.3) is 5.69 Å². The van der Waals surface area contributed by atoms with Crippen LogP contribution in [0.15, 0.2) is 53.8 Å². The van der Waals surface area contributed by atoms with Crippen molar-refractivity contribution in [1.29, 1.82) is 0 Å². The normalized spacial score (nSPS) is 11.2. The van der Waals surface area contributed by atoms with Crippen molar-refractivity contribution in [2.24, 2.45) is 5.16 Å². The average molecular weight is 282 g/mol. The van der Waals surface area contributed by atoms with Crippen molar-refractivity contribution in [1.82, 2.24) is 9.38 Å². The maximum absolute atomic E-state index is 10.7. The van der Waals surface area contributed by atoms with Crippen LogP contribution in [0, 0.1) is 10.1 Å². The van der Waals surface area contributed by atoms with E-state index in [0.717, 1.165) is 11.1 Å². The molecule has 2 aromatic heterocycles. The molecule has 0 radical (unpaired) electrons. The molecule has 0 atom stereocenters. The van der Waals surface area contributed by atoms with Crippen molar-refractivity contribution >= 4 is 17.4 Å². The van der Waals surface area contributed by atoms with Crippen LogP contribution in [0.3, 0.4) is 0 Å². The Kier molecular flexibility index (Phi) is 3.07. The molecule has 0 aliphatic heterocycles. The van der Waals surface area contributed by atoms with Gasteiger partial charge in [-0.3, -0.25) is 14.5 Å². The Morgan fingerprint density at radius 1 is 1.24 bits per heavy atom. The van der Waals surface area contributed by atoms with Gasteiger partial charge in [0.1, 0.15) is 11.5 Å². The Labute approximate surface area is 118 Å². The molecule has 21 heavy (non-hydrogen) atoms. The number of oxime groups is 1. The minimum atomic E-state index is -0.447. The van der Waals surface area contributed by atoms with Crippen molar-refractivity contribution in [2.45, 2.75) is 0 Å². The van der Waals surface area contributed by atoms with Crippen LogP contribution in [0.25, 0.3) is 16.9 Å². The standard InChI is InChI=1S/C14H10N4O3/c19-15-9-12-13-3-1-2-8-17(13)14(16-12)10-4-6-11(7-5-10)18(20)21/h1-9,19H/b15-9+. The third-order valence-electron chi connectivity index (χ3n) is 3.09. The smallest absolute Gasteiger partial charge is 0.269 e. The lowest BCUT2D eigenvalue weighted by Gasteiger charge is -2.00.